The van der Waals surface area contributed by atoms with Gasteiger partial charge in [-0.05, 0) is 65.4 Å². The molecule has 0 saturated carbocycles. The Labute approximate surface area is 158 Å². The Balaban J connectivity index is 0.000000829. The fourth-order valence-electron chi connectivity index (χ4n) is 3.76. The summed E-state index contributed by atoms with van der Waals surface area (Å²) in [5, 5.41) is 32.2. The van der Waals surface area contributed by atoms with Gasteiger partial charge in [0.15, 0.2) is 0 Å². The number of benzene rings is 4. The number of phenols is 2. The van der Waals surface area contributed by atoms with Crippen LogP contribution in [0.3, 0.4) is 0 Å². The summed E-state index contributed by atoms with van der Waals surface area (Å²) < 4.78 is 12.0. The van der Waals surface area contributed by atoms with E-state index in [0.717, 1.165) is 61.8 Å². The highest BCUT2D eigenvalue weighted by molar-refractivity contribution is 6.16. The van der Waals surface area contributed by atoms with Crippen LogP contribution in [0.1, 0.15) is 0 Å². The Morgan fingerprint density at radius 2 is 1.04 bits per heavy atom. The predicted octanol–water partition coefficient (Wildman–Crippen LogP) is 5.66. The maximum absolute atomic E-state index is 9.78. The van der Waals surface area contributed by atoms with Crippen molar-refractivity contribution in [3.8, 4) is 11.5 Å². The molecule has 5 nitrogen and oxygen atoms in total. The van der Waals surface area contributed by atoms with E-state index in [-0.39, 0.29) is 11.5 Å². The first-order valence-corrected chi connectivity index (χ1v) is 8.75. The molecule has 6 aromatic rings. The summed E-state index contributed by atoms with van der Waals surface area (Å²) in [5.41, 5.74) is 3.03. The molecule has 0 aliphatic heterocycles. The van der Waals surface area contributed by atoms with E-state index in [4.69, 9.17) is 13.9 Å². The molecule has 0 amide bonds. The van der Waals surface area contributed by atoms with Gasteiger partial charge in [-0.3, -0.25) is 0 Å². The Bertz CT molecular complexity index is 1500. The average molecular weight is 372 g/mol. The molecule has 4 aromatic carbocycles. The average Bonchev–Trinajstić information content (AvgIpc) is 3.23. The van der Waals surface area contributed by atoms with E-state index >= 15 is 0 Å². The molecular weight excluding hydrogens is 356 g/mol. The van der Waals surface area contributed by atoms with Crippen molar-refractivity contribution in [1.82, 2.24) is 0 Å². The monoisotopic (exact) mass is 372 g/mol. The van der Waals surface area contributed by atoms with Gasteiger partial charge in [-0.2, -0.15) is 0 Å². The van der Waals surface area contributed by atoms with Crippen molar-refractivity contribution in [1.29, 1.82) is 0 Å². The molecule has 28 heavy (non-hydrogen) atoms. The Morgan fingerprint density at radius 3 is 1.79 bits per heavy atom. The molecule has 0 aliphatic carbocycles. The van der Waals surface area contributed by atoms with E-state index in [1.165, 1.54) is 0 Å². The Hall–Kier alpha value is -3.70. The zero-order valence-corrected chi connectivity index (χ0v) is 14.9. The van der Waals surface area contributed by atoms with Gasteiger partial charge in [-0.15, -0.1) is 0 Å². The van der Waals surface area contributed by atoms with Gasteiger partial charge in [-0.25, -0.2) is 0 Å². The standard InChI is InChI=1S/C22H12O4.CH4O/c23-13-2-1-11-7-20-15(6-12(11)5-13)17-9-21-18(10-22(17)26-20)16-8-14(24)3-4-19(16)25-21;1-2/h1-10,23-24H;2H,1H3. The van der Waals surface area contributed by atoms with Crippen LogP contribution in [0.4, 0.5) is 0 Å². The van der Waals surface area contributed by atoms with Crippen LogP contribution in [0.2, 0.25) is 0 Å². The highest BCUT2D eigenvalue weighted by atomic mass is 16.3. The number of fused-ring (bicyclic) bond motifs is 7. The van der Waals surface area contributed by atoms with Crippen LogP contribution in [0.5, 0.6) is 11.5 Å². The number of furan rings is 2. The fraction of sp³-hybridized carbons (Fsp3) is 0.0435. The number of aliphatic hydroxyl groups excluding tert-OH is 1. The van der Waals surface area contributed by atoms with Gasteiger partial charge in [0.25, 0.3) is 0 Å². The van der Waals surface area contributed by atoms with Gasteiger partial charge < -0.3 is 24.2 Å². The quantitative estimate of drug-likeness (QED) is 0.320. The summed E-state index contributed by atoms with van der Waals surface area (Å²) in [7, 11) is 1.00. The van der Waals surface area contributed by atoms with Crippen molar-refractivity contribution >= 4 is 54.6 Å². The Morgan fingerprint density at radius 1 is 0.500 bits per heavy atom. The first kappa shape index (κ1) is 16.5. The molecule has 138 valence electrons. The summed E-state index contributed by atoms with van der Waals surface area (Å²) >= 11 is 0. The van der Waals surface area contributed by atoms with Crippen LogP contribution >= 0.6 is 0 Å². The molecule has 3 N–H and O–H groups in total. The summed E-state index contributed by atoms with van der Waals surface area (Å²) in [4.78, 5) is 0. The van der Waals surface area contributed by atoms with Gasteiger partial charge in [0.1, 0.15) is 33.8 Å². The van der Waals surface area contributed by atoms with Crippen LogP contribution in [0, 0.1) is 0 Å². The van der Waals surface area contributed by atoms with Crippen molar-refractivity contribution < 1.29 is 24.2 Å². The second kappa shape index (κ2) is 5.90. The summed E-state index contributed by atoms with van der Waals surface area (Å²) in [6, 6.07) is 18.3. The normalized spacial score (nSPS) is 11.5. The van der Waals surface area contributed by atoms with Crippen molar-refractivity contribution in [2.45, 2.75) is 0 Å². The van der Waals surface area contributed by atoms with E-state index < -0.39 is 0 Å². The summed E-state index contributed by atoms with van der Waals surface area (Å²) in [5.74, 6) is 0.445. The molecule has 6 rings (SSSR count). The lowest BCUT2D eigenvalue weighted by atomic mass is 10.0. The second-order valence-corrected chi connectivity index (χ2v) is 6.61. The minimum Gasteiger partial charge on any atom is -0.508 e. The molecule has 0 atom stereocenters. The van der Waals surface area contributed by atoms with E-state index in [0.29, 0.717) is 0 Å². The van der Waals surface area contributed by atoms with Gasteiger partial charge >= 0.3 is 0 Å². The maximum atomic E-state index is 9.78. The number of hydrogen-bond acceptors (Lipinski definition) is 5. The first-order chi connectivity index (χ1) is 13.7. The highest BCUT2D eigenvalue weighted by Gasteiger charge is 2.14. The lowest BCUT2D eigenvalue weighted by Gasteiger charge is -1.99. The molecule has 0 aliphatic rings. The topological polar surface area (TPSA) is 87.0 Å². The van der Waals surface area contributed by atoms with Crippen molar-refractivity contribution in [3.05, 3.63) is 60.7 Å². The van der Waals surface area contributed by atoms with E-state index in [9.17, 15) is 10.2 Å². The number of aromatic hydroxyl groups is 2. The predicted molar refractivity (Wildman–Crippen MR) is 110 cm³/mol. The van der Waals surface area contributed by atoms with Crippen LogP contribution < -0.4 is 0 Å². The van der Waals surface area contributed by atoms with Crippen molar-refractivity contribution in [2.24, 2.45) is 0 Å². The zero-order chi connectivity index (χ0) is 19.4. The maximum Gasteiger partial charge on any atom is 0.136 e. The van der Waals surface area contributed by atoms with E-state index in [2.05, 4.69) is 0 Å². The molecule has 0 bridgehead atoms. The highest BCUT2D eigenvalue weighted by Crippen LogP contribution is 2.38. The van der Waals surface area contributed by atoms with Crippen molar-refractivity contribution in [2.75, 3.05) is 7.11 Å². The minimum atomic E-state index is 0.205. The lowest BCUT2D eigenvalue weighted by molar-refractivity contribution is 0.399. The van der Waals surface area contributed by atoms with Gasteiger partial charge in [0.2, 0.25) is 0 Å². The SMILES string of the molecule is CO.Oc1ccc2cc3oc4cc5c(cc4c3cc2c1)oc1ccc(O)cc15. The van der Waals surface area contributed by atoms with Gasteiger partial charge in [0, 0.05) is 28.7 Å². The smallest absolute Gasteiger partial charge is 0.136 e. The summed E-state index contributed by atoms with van der Waals surface area (Å²) in [6.07, 6.45) is 0. The molecular formula is C23H16O5. The number of aliphatic hydroxyl groups is 1. The van der Waals surface area contributed by atoms with Crippen LogP contribution in [0.15, 0.2) is 69.5 Å². The molecule has 0 unspecified atom stereocenters. The first-order valence-electron chi connectivity index (χ1n) is 8.75. The lowest BCUT2D eigenvalue weighted by Crippen LogP contribution is -1.73. The molecule has 2 heterocycles. The second-order valence-electron chi connectivity index (χ2n) is 6.61. The van der Waals surface area contributed by atoms with Crippen molar-refractivity contribution in [3.63, 3.8) is 0 Å². The fourth-order valence-corrected chi connectivity index (χ4v) is 3.76. The van der Waals surface area contributed by atoms with E-state index in [1.807, 2.05) is 30.3 Å². The van der Waals surface area contributed by atoms with E-state index in [1.54, 1.807) is 30.3 Å². The van der Waals surface area contributed by atoms with Crippen LogP contribution in [-0.4, -0.2) is 22.4 Å². The van der Waals surface area contributed by atoms with Crippen LogP contribution in [0.25, 0.3) is 54.6 Å². The number of rotatable bonds is 0. The molecule has 5 heteroatoms. The summed E-state index contributed by atoms with van der Waals surface area (Å²) in [6.45, 7) is 0. The van der Waals surface area contributed by atoms with Gasteiger partial charge in [0.05, 0.1) is 0 Å². The minimum absolute atomic E-state index is 0.205. The number of hydrogen-bond donors (Lipinski definition) is 3. The molecule has 0 saturated heterocycles. The third kappa shape index (κ3) is 2.30. The molecule has 0 spiro atoms. The molecule has 2 aromatic heterocycles. The van der Waals surface area contributed by atoms with Gasteiger partial charge in [-0.1, -0.05) is 6.07 Å². The molecule has 0 radical (unpaired) electrons. The third-order valence-electron chi connectivity index (χ3n) is 4.99. The van der Waals surface area contributed by atoms with Crippen LogP contribution in [-0.2, 0) is 0 Å². The molecule has 0 fully saturated rings. The Kier molecular flexibility index (Phi) is 3.47. The largest absolute Gasteiger partial charge is 0.508 e. The number of phenolic OH excluding ortho intramolecular Hbond substituents is 2. The zero-order valence-electron chi connectivity index (χ0n) is 14.9. The third-order valence-corrected chi connectivity index (χ3v) is 4.99.